The molecule has 1 saturated heterocycles. The van der Waals surface area contributed by atoms with E-state index in [-0.39, 0.29) is 5.91 Å². The Balaban J connectivity index is 1.92. The summed E-state index contributed by atoms with van der Waals surface area (Å²) in [5.74, 6) is -0.278. The SMILES string of the molecule is CN([C@@H](C(=O)NCCCN1CCCCCC1)c1ccccc1)S(C)(=O)=O. The molecule has 1 aliphatic heterocycles. The van der Waals surface area contributed by atoms with Crippen LogP contribution in [0.15, 0.2) is 30.3 Å². The number of hydrogen-bond donors (Lipinski definition) is 1. The smallest absolute Gasteiger partial charge is 0.242 e. The van der Waals surface area contributed by atoms with Gasteiger partial charge in [-0.2, -0.15) is 4.31 Å². The van der Waals surface area contributed by atoms with Crippen LogP contribution >= 0.6 is 0 Å². The first-order valence-corrected chi connectivity index (χ1v) is 11.2. The minimum Gasteiger partial charge on any atom is -0.354 e. The van der Waals surface area contributed by atoms with Crippen LogP contribution < -0.4 is 5.32 Å². The predicted octanol–water partition coefficient (Wildman–Crippen LogP) is 2.00. The normalized spacial score (nSPS) is 17.7. The molecule has 7 heteroatoms. The third-order valence-corrected chi connectivity index (χ3v) is 6.16. The van der Waals surface area contributed by atoms with Crippen LogP contribution in [0.5, 0.6) is 0 Å². The van der Waals surface area contributed by atoms with Gasteiger partial charge in [0.25, 0.3) is 0 Å². The van der Waals surface area contributed by atoms with Crippen molar-refractivity contribution in [1.29, 1.82) is 0 Å². The summed E-state index contributed by atoms with van der Waals surface area (Å²) >= 11 is 0. The lowest BCUT2D eigenvalue weighted by molar-refractivity contribution is -0.124. The maximum Gasteiger partial charge on any atom is 0.242 e. The van der Waals surface area contributed by atoms with Crippen molar-refractivity contribution in [3.05, 3.63) is 35.9 Å². The van der Waals surface area contributed by atoms with Gasteiger partial charge in [-0.05, 0) is 44.5 Å². The Kier molecular flexibility index (Phi) is 8.06. The van der Waals surface area contributed by atoms with Gasteiger partial charge < -0.3 is 10.2 Å². The topological polar surface area (TPSA) is 69.7 Å². The number of benzene rings is 1. The molecule has 0 unspecified atom stereocenters. The Labute approximate surface area is 157 Å². The Morgan fingerprint density at radius 2 is 1.77 bits per heavy atom. The first-order valence-electron chi connectivity index (χ1n) is 9.37. The Morgan fingerprint density at radius 3 is 2.35 bits per heavy atom. The van der Waals surface area contributed by atoms with Crippen LogP contribution in [0.4, 0.5) is 0 Å². The molecule has 0 saturated carbocycles. The average molecular weight is 382 g/mol. The summed E-state index contributed by atoms with van der Waals surface area (Å²) in [6.45, 7) is 3.79. The lowest BCUT2D eigenvalue weighted by Crippen LogP contribution is -2.42. The highest BCUT2D eigenvalue weighted by molar-refractivity contribution is 7.88. The summed E-state index contributed by atoms with van der Waals surface area (Å²) in [6, 6.07) is 8.19. The van der Waals surface area contributed by atoms with E-state index < -0.39 is 16.1 Å². The van der Waals surface area contributed by atoms with Gasteiger partial charge in [0.1, 0.15) is 6.04 Å². The van der Waals surface area contributed by atoms with Crippen LogP contribution in [0.25, 0.3) is 0 Å². The first-order chi connectivity index (χ1) is 12.4. The lowest BCUT2D eigenvalue weighted by Gasteiger charge is -2.26. The fraction of sp³-hybridized carbons (Fsp3) is 0.632. The number of likely N-dealkylation sites (N-methyl/N-ethyl adjacent to an activating group) is 1. The van der Waals surface area contributed by atoms with E-state index in [0.29, 0.717) is 12.1 Å². The second-order valence-electron chi connectivity index (χ2n) is 6.99. The third kappa shape index (κ3) is 6.37. The minimum absolute atomic E-state index is 0.278. The van der Waals surface area contributed by atoms with Crippen LogP contribution in [-0.2, 0) is 14.8 Å². The quantitative estimate of drug-likeness (QED) is 0.699. The largest absolute Gasteiger partial charge is 0.354 e. The zero-order chi connectivity index (χ0) is 19.0. The van der Waals surface area contributed by atoms with E-state index in [4.69, 9.17) is 0 Å². The van der Waals surface area contributed by atoms with Crippen molar-refractivity contribution < 1.29 is 13.2 Å². The molecule has 0 aliphatic carbocycles. The van der Waals surface area contributed by atoms with Gasteiger partial charge in [0.15, 0.2) is 0 Å². The second-order valence-corrected chi connectivity index (χ2v) is 9.03. The van der Waals surface area contributed by atoms with Crippen LogP contribution in [0.2, 0.25) is 0 Å². The average Bonchev–Trinajstić information content (AvgIpc) is 2.88. The van der Waals surface area contributed by atoms with Crippen LogP contribution in [0.3, 0.4) is 0 Å². The van der Waals surface area contributed by atoms with Crippen molar-refractivity contribution in [2.45, 2.75) is 38.1 Å². The fourth-order valence-corrected chi connectivity index (χ4v) is 3.92. The summed E-state index contributed by atoms with van der Waals surface area (Å²) < 4.78 is 25.0. The number of nitrogens with zero attached hydrogens (tertiary/aromatic N) is 2. The summed E-state index contributed by atoms with van der Waals surface area (Å²) in [7, 11) is -2.03. The van der Waals surface area contributed by atoms with Crippen molar-refractivity contribution in [1.82, 2.24) is 14.5 Å². The van der Waals surface area contributed by atoms with E-state index in [1.54, 1.807) is 12.1 Å². The van der Waals surface area contributed by atoms with Gasteiger partial charge in [-0.3, -0.25) is 4.79 Å². The van der Waals surface area contributed by atoms with E-state index >= 15 is 0 Å². The zero-order valence-electron chi connectivity index (χ0n) is 15.9. The Hall–Kier alpha value is -1.44. The van der Waals surface area contributed by atoms with E-state index in [1.165, 1.54) is 32.7 Å². The molecule has 1 aromatic rings. The van der Waals surface area contributed by atoms with Crippen LogP contribution in [-0.4, -0.2) is 63.0 Å². The van der Waals surface area contributed by atoms with Crippen molar-refractivity contribution in [3.63, 3.8) is 0 Å². The van der Waals surface area contributed by atoms with Gasteiger partial charge in [0.05, 0.1) is 6.26 Å². The molecule has 1 N–H and O–H groups in total. The van der Waals surface area contributed by atoms with E-state index in [0.717, 1.165) is 36.6 Å². The number of nitrogens with one attached hydrogen (secondary N) is 1. The van der Waals surface area contributed by atoms with Gasteiger partial charge in [-0.25, -0.2) is 8.42 Å². The van der Waals surface area contributed by atoms with Crippen molar-refractivity contribution >= 4 is 15.9 Å². The second kappa shape index (κ2) is 10.0. The molecule has 6 nitrogen and oxygen atoms in total. The molecule has 0 spiro atoms. The van der Waals surface area contributed by atoms with Crippen molar-refractivity contribution in [2.24, 2.45) is 0 Å². The first kappa shape index (κ1) is 20.9. The van der Waals surface area contributed by atoms with Crippen molar-refractivity contribution in [3.8, 4) is 0 Å². The number of rotatable bonds is 8. The van der Waals surface area contributed by atoms with Gasteiger partial charge in [0.2, 0.25) is 15.9 Å². The molecule has 146 valence electrons. The zero-order valence-corrected chi connectivity index (χ0v) is 16.7. The van der Waals surface area contributed by atoms with Gasteiger partial charge in [-0.15, -0.1) is 0 Å². The Morgan fingerprint density at radius 1 is 1.15 bits per heavy atom. The number of sulfonamides is 1. The predicted molar refractivity (Wildman–Crippen MR) is 104 cm³/mol. The molecule has 1 amide bonds. The highest BCUT2D eigenvalue weighted by Gasteiger charge is 2.30. The highest BCUT2D eigenvalue weighted by atomic mass is 32.2. The number of likely N-dealkylation sites (tertiary alicyclic amines) is 1. The Bertz CT molecular complexity index is 656. The standard InChI is InChI=1S/C19H31N3O3S/c1-21(26(2,24)25)18(17-11-6-5-7-12-17)19(23)20-13-10-16-22-14-8-3-4-9-15-22/h5-7,11-12,18H,3-4,8-10,13-16H2,1-2H3,(H,20,23)/t18-/m1/s1. The fourth-order valence-electron chi connectivity index (χ4n) is 3.32. The minimum atomic E-state index is -3.48. The molecule has 0 aromatic heterocycles. The monoisotopic (exact) mass is 381 g/mol. The molecule has 26 heavy (non-hydrogen) atoms. The maximum absolute atomic E-state index is 12.7. The summed E-state index contributed by atoms with van der Waals surface area (Å²) in [5.41, 5.74) is 0.672. The third-order valence-electron chi connectivity index (χ3n) is 4.90. The molecule has 2 rings (SSSR count). The molecule has 1 heterocycles. The van der Waals surface area contributed by atoms with Gasteiger partial charge in [-0.1, -0.05) is 43.2 Å². The molecule has 0 bridgehead atoms. The highest BCUT2D eigenvalue weighted by Crippen LogP contribution is 2.21. The van der Waals surface area contributed by atoms with Crippen LogP contribution in [0.1, 0.15) is 43.7 Å². The summed E-state index contributed by atoms with van der Waals surface area (Å²) in [5, 5.41) is 2.92. The molecule has 1 aliphatic rings. The number of amides is 1. The molecule has 1 aromatic carbocycles. The van der Waals surface area contributed by atoms with Gasteiger partial charge >= 0.3 is 0 Å². The van der Waals surface area contributed by atoms with Crippen molar-refractivity contribution in [2.75, 3.05) is 39.5 Å². The van der Waals surface area contributed by atoms with E-state index in [9.17, 15) is 13.2 Å². The molecule has 0 radical (unpaired) electrons. The molecular formula is C19H31N3O3S. The summed E-state index contributed by atoms with van der Waals surface area (Å²) in [4.78, 5) is 15.2. The lowest BCUT2D eigenvalue weighted by atomic mass is 10.1. The number of hydrogen-bond acceptors (Lipinski definition) is 4. The number of carbonyl (C=O) groups is 1. The van der Waals surface area contributed by atoms with Crippen LogP contribution in [0, 0.1) is 0 Å². The van der Waals surface area contributed by atoms with Gasteiger partial charge in [0, 0.05) is 13.6 Å². The summed E-state index contributed by atoms with van der Waals surface area (Å²) in [6.07, 6.45) is 7.11. The van der Waals surface area contributed by atoms with E-state index in [1.807, 2.05) is 18.2 Å². The van der Waals surface area contributed by atoms with E-state index in [2.05, 4.69) is 10.2 Å². The molecule has 1 atom stereocenters. The number of carbonyl (C=O) groups excluding carboxylic acids is 1. The molecular weight excluding hydrogens is 350 g/mol. The molecule has 1 fully saturated rings. The maximum atomic E-state index is 12.7.